The van der Waals surface area contributed by atoms with E-state index in [-0.39, 0.29) is 17.9 Å². The van der Waals surface area contributed by atoms with Crippen LogP contribution in [0.3, 0.4) is 0 Å². The Morgan fingerprint density at radius 2 is 2.10 bits per heavy atom. The fraction of sp³-hybridized carbons (Fsp3) is 0.562. The van der Waals surface area contributed by atoms with Gasteiger partial charge >= 0.3 is 5.97 Å². The number of hydrogen-bond donors (Lipinski definition) is 0. The van der Waals surface area contributed by atoms with Crippen LogP contribution in [0.5, 0.6) is 0 Å². The second-order valence-corrected chi connectivity index (χ2v) is 5.37. The van der Waals surface area contributed by atoms with E-state index in [2.05, 4.69) is 4.98 Å². The maximum atomic E-state index is 12.4. The largest absolute Gasteiger partial charge is 0.469 e. The lowest BCUT2D eigenvalue weighted by Gasteiger charge is -2.35. The maximum Gasteiger partial charge on any atom is 0.307 e. The molecular formula is C16H22N2O3. The van der Waals surface area contributed by atoms with Crippen molar-refractivity contribution >= 4 is 11.9 Å². The third-order valence-corrected chi connectivity index (χ3v) is 3.95. The molecule has 0 bridgehead atoms. The smallest absolute Gasteiger partial charge is 0.307 e. The van der Waals surface area contributed by atoms with Crippen LogP contribution in [0.4, 0.5) is 0 Å². The van der Waals surface area contributed by atoms with Crippen molar-refractivity contribution in [3.63, 3.8) is 0 Å². The van der Waals surface area contributed by atoms with Crippen LogP contribution in [0, 0.1) is 0 Å². The normalized spacial score (nSPS) is 18.3. The molecule has 21 heavy (non-hydrogen) atoms. The Hall–Kier alpha value is -1.91. The quantitative estimate of drug-likeness (QED) is 0.778. The SMILES string of the molecule is COC(=O)CC1CCCCN1C(=O)CCc1ccncc1. The van der Waals surface area contributed by atoms with E-state index < -0.39 is 0 Å². The number of amides is 1. The number of esters is 1. The molecule has 1 amide bonds. The van der Waals surface area contributed by atoms with Gasteiger partial charge in [-0.15, -0.1) is 0 Å². The molecule has 0 aliphatic carbocycles. The third-order valence-electron chi connectivity index (χ3n) is 3.95. The number of rotatable bonds is 5. The summed E-state index contributed by atoms with van der Waals surface area (Å²) in [6.45, 7) is 0.747. The van der Waals surface area contributed by atoms with Gasteiger partial charge in [0, 0.05) is 31.4 Å². The summed E-state index contributed by atoms with van der Waals surface area (Å²) in [7, 11) is 1.39. The molecular weight excluding hydrogens is 268 g/mol. The number of likely N-dealkylation sites (tertiary alicyclic amines) is 1. The third kappa shape index (κ3) is 4.55. The zero-order chi connectivity index (χ0) is 15.1. The lowest BCUT2D eigenvalue weighted by atomic mass is 9.98. The molecule has 1 aliphatic rings. The van der Waals surface area contributed by atoms with Crippen LogP contribution in [0.1, 0.15) is 37.7 Å². The van der Waals surface area contributed by atoms with Crippen LogP contribution >= 0.6 is 0 Å². The fourth-order valence-corrected chi connectivity index (χ4v) is 2.76. The minimum atomic E-state index is -0.242. The lowest BCUT2D eigenvalue weighted by Crippen LogP contribution is -2.45. The van der Waals surface area contributed by atoms with Gasteiger partial charge in [-0.3, -0.25) is 14.6 Å². The molecule has 0 saturated carbocycles. The first-order chi connectivity index (χ1) is 10.2. The lowest BCUT2D eigenvalue weighted by molar-refractivity contribution is -0.144. The van der Waals surface area contributed by atoms with E-state index in [9.17, 15) is 9.59 Å². The Morgan fingerprint density at radius 3 is 2.81 bits per heavy atom. The molecule has 0 radical (unpaired) electrons. The molecule has 1 aromatic heterocycles. The number of methoxy groups -OCH3 is 1. The molecule has 0 spiro atoms. The molecule has 0 N–H and O–H groups in total. The fourth-order valence-electron chi connectivity index (χ4n) is 2.76. The molecule has 1 unspecified atom stereocenters. The Labute approximate surface area is 125 Å². The summed E-state index contributed by atoms with van der Waals surface area (Å²) in [5.41, 5.74) is 1.11. The minimum absolute atomic E-state index is 0.00357. The van der Waals surface area contributed by atoms with Gasteiger partial charge in [0.25, 0.3) is 0 Å². The number of aromatic nitrogens is 1. The number of carbonyl (C=O) groups is 2. The van der Waals surface area contributed by atoms with E-state index in [0.29, 0.717) is 19.3 Å². The molecule has 5 nitrogen and oxygen atoms in total. The number of aryl methyl sites for hydroxylation is 1. The van der Waals surface area contributed by atoms with Crippen molar-refractivity contribution < 1.29 is 14.3 Å². The molecule has 1 aromatic rings. The number of ether oxygens (including phenoxy) is 1. The van der Waals surface area contributed by atoms with Gasteiger partial charge in [-0.1, -0.05) is 0 Å². The van der Waals surface area contributed by atoms with Gasteiger partial charge in [0.05, 0.1) is 13.5 Å². The highest BCUT2D eigenvalue weighted by atomic mass is 16.5. The average molecular weight is 290 g/mol. The number of piperidine rings is 1. The van der Waals surface area contributed by atoms with Gasteiger partial charge < -0.3 is 9.64 Å². The van der Waals surface area contributed by atoms with E-state index in [1.165, 1.54) is 7.11 Å². The van der Waals surface area contributed by atoms with Crippen LogP contribution < -0.4 is 0 Å². The predicted octanol–water partition coefficient (Wildman–Crippen LogP) is 1.96. The predicted molar refractivity (Wildman–Crippen MR) is 78.5 cm³/mol. The topological polar surface area (TPSA) is 59.5 Å². The molecule has 2 rings (SSSR count). The van der Waals surface area contributed by atoms with Gasteiger partial charge in [0.15, 0.2) is 0 Å². The summed E-state index contributed by atoms with van der Waals surface area (Å²) >= 11 is 0. The van der Waals surface area contributed by atoms with Gasteiger partial charge in [-0.25, -0.2) is 0 Å². The van der Waals surface area contributed by atoms with Crippen LogP contribution in [0.25, 0.3) is 0 Å². The Bertz CT molecular complexity index is 476. The molecule has 1 aliphatic heterocycles. The van der Waals surface area contributed by atoms with Crippen molar-refractivity contribution in [1.29, 1.82) is 0 Å². The van der Waals surface area contributed by atoms with Crippen molar-refractivity contribution in [1.82, 2.24) is 9.88 Å². The first-order valence-corrected chi connectivity index (χ1v) is 7.46. The second-order valence-electron chi connectivity index (χ2n) is 5.37. The van der Waals surface area contributed by atoms with Crippen LogP contribution in [-0.4, -0.2) is 41.5 Å². The Kier molecular flexibility index (Phi) is 5.72. The van der Waals surface area contributed by atoms with Crippen molar-refractivity contribution in [3.8, 4) is 0 Å². The molecule has 1 atom stereocenters. The van der Waals surface area contributed by atoms with E-state index in [0.717, 1.165) is 31.4 Å². The van der Waals surface area contributed by atoms with Crippen molar-refractivity contribution in [2.45, 2.75) is 44.6 Å². The zero-order valence-electron chi connectivity index (χ0n) is 12.5. The summed E-state index contributed by atoms with van der Waals surface area (Å²) in [4.78, 5) is 29.7. The minimum Gasteiger partial charge on any atom is -0.469 e. The van der Waals surface area contributed by atoms with Crippen molar-refractivity contribution in [3.05, 3.63) is 30.1 Å². The van der Waals surface area contributed by atoms with Gasteiger partial charge in [0.2, 0.25) is 5.91 Å². The molecule has 0 aromatic carbocycles. The highest BCUT2D eigenvalue weighted by Crippen LogP contribution is 2.21. The average Bonchev–Trinajstić information content (AvgIpc) is 2.54. The van der Waals surface area contributed by atoms with Crippen LogP contribution in [0.15, 0.2) is 24.5 Å². The summed E-state index contributed by atoms with van der Waals surface area (Å²) in [6, 6.07) is 3.85. The van der Waals surface area contributed by atoms with E-state index >= 15 is 0 Å². The summed E-state index contributed by atoms with van der Waals surface area (Å²) < 4.78 is 4.73. The van der Waals surface area contributed by atoms with Gasteiger partial charge in [0.1, 0.15) is 0 Å². The number of hydrogen-bond acceptors (Lipinski definition) is 4. The molecule has 2 heterocycles. The van der Waals surface area contributed by atoms with Crippen molar-refractivity contribution in [2.24, 2.45) is 0 Å². The Balaban J connectivity index is 1.90. The standard InChI is InChI=1S/C16H22N2O3/c1-21-16(20)12-14-4-2-3-11-18(14)15(19)6-5-13-7-9-17-10-8-13/h7-10,14H,2-6,11-12H2,1H3. The number of nitrogens with zero attached hydrogens (tertiary/aromatic N) is 2. The van der Waals surface area contributed by atoms with Crippen LogP contribution in [0.2, 0.25) is 0 Å². The van der Waals surface area contributed by atoms with Crippen LogP contribution in [-0.2, 0) is 20.7 Å². The monoisotopic (exact) mass is 290 g/mol. The van der Waals surface area contributed by atoms with E-state index in [1.54, 1.807) is 12.4 Å². The summed E-state index contributed by atoms with van der Waals surface area (Å²) in [5, 5.41) is 0. The van der Waals surface area contributed by atoms with Crippen molar-refractivity contribution in [2.75, 3.05) is 13.7 Å². The highest BCUT2D eigenvalue weighted by Gasteiger charge is 2.28. The number of carbonyl (C=O) groups excluding carboxylic acids is 2. The molecule has 1 fully saturated rings. The molecule has 5 heteroatoms. The van der Waals surface area contributed by atoms with Gasteiger partial charge in [-0.2, -0.15) is 0 Å². The molecule has 1 saturated heterocycles. The summed E-state index contributed by atoms with van der Waals surface area (Å²) in [5.74, 6) is -0.116. The van der Waals surface area contributed by atoms with E-state index in [4.69, 9.17) is 4.74 Å². The highest BCUT2D eigenvalue weighted by molar-refractivity contribution is 5.78. The Morgan fingerprint density at radius 1 is 1.33 bits per heavy atom. The first kappa shape index (κ1) is 15.5. The zero-order valence-corrected chi connectivity index (χ0v) is 12.5. The maximum absolute atomic E-state index is 12.4. The van der Waals surface area contributed by atoms with Gasteiger partial charge in [-0.05, 0) is 43.4 Å². The first-order valence-electron chi connectivity index (χ1n) is 7.46. The number of pyridine rings is 1. The second kappa shape index (κ2) is 7.76. The molecule has 114 valence electrons. The van der Waals surface area contributed by atoms with E-state index in [1.807, 2.05) is 17.0 Å². The summed E-state index contributed by atoms with van der Waals surface area (Å²) in [6.07, 6.45) is 7.92.